The van der Waals surface area contributed by atoms with Crippen LogP contribution < -0.4 is 5.14 Å². The molecule has 1 aromatic heterocycles. The average molecular weight is 268 g/mol. The molecule has 1 heterocycles. The van der Waals surface area contributed by atoms with E-state index in [-0.39, 0.29) is 4.90 Å². The molecule has 0 fully saturated rings. The topological polar surface area (TPSA) is 73.1 Å². The van der Waals surface area contributed by atoms with Crippen molar-refractivity contribution in [2.75, 3.05) is 0 Å². The molecule has 0 aliphatic rings. The number of rotatable bonds is 6. The van der Waals surface area contributed by atoms with Gasteiger partial charge in [0.25, 0.3) is 0 Å². The number of hydrogen-bond acceptors (Lipinski definition) is 3. The van der Waals surface area contributed by atoms with Gasteiger partial charge in [-0.2, -0.15) is 0 Å². The Morgan fingerprint density at radius 2 is 2.11 bits per heavy atom. The highest BCUT2D eigenvalue weighted by Gasteiger charge is 2.09. The van der Waals surface area contributed by atoms with Crippen LogP contribution in [-0.2, 0) is 10.0 Å². The fourth-order valence-electron chi connectivity index (χ4n) is 1.72. The van der Waals surface area contributed by atoms with Crippen LogP contribution in [-0.4, -0.2) is 13.4 Å². The van der Waals surface area contributed by atoms with Gasteiger partial charge in [-0.15, -0.1) is 0 Å². The van der Waals surface area contributed by atoms with Gasteiger partial charge in [-0.05, 0) is 37.5 Å². The van der Waals surface area contributed by atoms with Gasteiger partial charge in [0.1, 0.15) is 4.90 Å². The zero-order valence-electron chi connectivity index (χ0n) is 10.9. The Morgan fingerprint density at radius 1 is 1.39 bits per heavy atom. The number of aromatic nitrogens is 1. The van der Waals surface area contributed by atoms with Gasteiger partial charge in [0, 0.05) is 6.20 Å². The Morgan fingerprint density at radius 3 is 2.56 bits per heavy atom. The van der Waals surface area contributed by atoms with Crippen LogP contribution in [0.2, 0.25) is 0 Å². The first-order chi connectivity index (χ1) is 8.49. The van der Waals surface area contributed by atoms with Crippen LogP contribution in [0.3, 0.4) is 0 Å². The summed E-state index contributed by atoms with van der Waals surface area (Å²) in [6, 6.07) is 3.21. The van der Waals surface area contributed by atoms with Gasteiger partial charge in [0.2, 0.25) is 10.0 Å². The Bertz CT molecular complexity index is 504. The first kappa shape index (κ1) is 14.9. The number of nitrogens with two attached hydrogens (primary N) is 1. The Labute approximate surface area is 109 Å². The average Bonchev–Trinajstić information content (AvgIpc) is 2.34. The van der Waals surface area contributed by atoms with Crippen LogP contribution in [0.5, 0.6) is 0 Å². The van der Waals surface area contributed by atoms with Gasteiger partial charge in [-0.25, -0.2) is 13.6 Å². The normalized spacial score (nSPS) is 12.7. The highest BCUT2D eigenvalue weighted by molar-refractivity contribution is 7.89. The molecule has 1 aromatic rings. The molecule has 100 valence electrons. The molecule has 5 heteroatoms. The van der Waals surface area contributed by atoms with E-state index in [1.54, 1.807) is 6.07 Å². The predicted molar refractivity (Wildman–Crippen MR) is 73.4 cm³/mol. The van der Waals surface area contributed by atoms with Gasteiger partial charge >= 0.3 is 0 Å². The molecule has 0 aromatic carbocycles. The van der Waals surface area contributed by atoms with Crippen molar-refractivity contribution >= 4 is 15.6 Å². The maximum absolute atomic E-state index is 11.1. The monoisotopic (exact) mass is 268 g/mol. The van der Waals surface area contributed by atoms with Crippen LogP contribution in [0.25, 0.3) is 5.57 Å². The van der Waals surface area contributed by atoms with Gasteiger partial charge in [-0.3, -0.25) is 4.98 Å². The molecule has 0 bridgehead atoms. The minimum Gasteiger partial charge on any atom is -0.255 e. The van der Waals surface area contributed by atoms with Crippen LogP contribution in [0, 0.1) is 0 Å². The molecule has 0 aliphatic heterocycles. The lowest BCUT2D eigenvalue weighted by atomic mass is 10.0. The van der Waals surface area contributed by atoms with Crippen molar-refractivity contribution in [3.63, 3.8) is 0 Å². The van der Waals surface area contributed by atoms with E-state index in [4.69, 9.17) is 5.14 Å². The minimum absolute atomic E-state index is 0.0512. The minimum atomic E-state index is -3.65. The molecule has 0 radical (unpaired) electrons. The molecule has 0 saturated carbocycles. The second-order valence-electron chi connectivity index (χ2n) is 4.20. The van der Waals surface area contributed by atoms with E-state index in [0.29, 0.717) is 0 Å². The van der Waals surface area contributed by atoms with Crippen LogP contribution in [0.15, 0.2) is 29.3 Å². The van der Waals surface area contributed by atoms with Crippen LogP contribution in [0.4, 0.5) is 0 Å². The summed E-state index contributed by atoms with van der Waals surface area (Å²) in [5, 5.41) is 5.03. The zero-order chi connectivity index (χ0) is 13.6. The Kier molecular flexibility index (Phi) is 5.50. The molecule has 0 atom stereocenters. The molecule has 0 unspecified atom stereocenters. The smallest absolute Gasteiger partial charge is 0.239 e. The molecule has 0 spiro atoms. The fourth-order valence-corrected chi connectivity index (χ4v) is 2.18. The lowest BCUT2D eigenvalue weighted by molar-refractivity contribution is 0.597. The van der Waals surface area contributed by atoms with Crippen molar-refractivity contribution in [3.05, 3.63) is 30.1 Å². The van der Waals surface area contributed by atoms with Crippen molar-refractivity contribution in [3.8, 4) is 0 Å². The number of primary sulfonamides is 1. The first-order valence-corrected chi connectivity index (χ1v) is 7.68. The number of nitrogens with zero attached hydrogens (tertiary/aromatic N) is 1. The number of sulfonamides is 1. The summed E-state index contributed by atoms with van der Waals surface area (Å²) in [4.78, 5) is 4.22. The number of allylic oxidation sites excluding steroid dienone is 2. The van der Waals surface area contributed by atoms with Gasteiger partial charge in [0.15, 0.2) is 0 Å². The lowest BCUT2D eigenvalue weighted by Gasteiger charge is -2.06. The largest absolute Gasteiger partial charge is 0.255 e. The molecule has 1 rings (SSSR count). The third kappa shape index (κ3) is 4.23. The number of unbranched alkanes of at least 4 members (excludes halogenated alkanes) is 2. The third-order valence-corrected chi connectivity index (χ3v) is 3.69. The predicted octanol–water partition coefficient (Wildman–Crippen LogP) is 2.71. The van der Waals surface area contributed by atoms with Gasteiger partial charge in [0.05, 0.1) is 5.69 Å². The highest BCUT2D eigenvalue weighted by atomic mass is 32.2. The van der Waals surface area contributed by atoms with E-state index >= 15 is 0 Å². The number of pyridine rings is 1. The molecular formula is C13H20N2O2S. The van der Waals surface area contributed by atoms with Crippen molar-refractivity contribution in [1.82, 2.24) is 4.98 Å². The van der Waals surface area contributed by atoms with Crippen LogP contribution >= 0.6 is 0 Å². The second kappa shape index (κ2) is 6.66. The SMILES string of the molecule is CC=C(CCCCC)c1ccc(S(N)(=O)=O)cn1. The van der Waals surface area contributed by atoms with Crippen molar-refractivity contribution < 1.29 is 8.42 Å². The summed E-state index contributed by atoms with van der Waals surface area (Å²) in [6.07, 6.45) is 7.78. The Balaban J connectivity index is 2.83. The molecule has 4 nitrogen and oxygen atoms in total. The fraction of sp³-hybridized carbons (Fsp3) is 0.462. The molecule has 0 aliphatic carbocycles. The van der Waals surface area contributed by atoms with E-state index in [9.17, 15) is 8.42 Å². The second-order valence-corrected chi connectivity index (χ2v) is 5.76. The van der Waals surface area contributed by atoms with Gasteiger partial charge < -0.3 is 0 Å². The lowest BCUT2D eigenvalue weighted by Crippen LogP contribution is -2.12. The summed E-state index contributed by atoms with van der Waals surface area (Å²) in [6.45, 7) is 4.13. The van der Waals surface area contributed by atoms with Crippen molar-refractivity contribution in [2.45, 2.75) is 44.4 Å². The summed E-state index contributed by atoms with van der Waals surface area (Å²) in [7, 11) is -3.65. The van der Waals surface area contributed by atoms with Crippen LogP contribution in [0.1, 0.15) is 45.2 Å². The standard InChI is InChI=1S/C13H20N2O2S/c1-3-5-6-7-11(4-2)13-9-8-12(10-15-13)18(14,16)17/h4,8-10H,3,5-7H2,1-2H3,(H2,14,16,17). The summed E-state index contributed by atoms with van der Waals surface area (Å²) in [5.74, 6) is 0. The molecule has 18 heavy (non-hydrogen) atoms. The summed E-state index contributed by atoms with van der Waals surface area (Å²) < 4.78 is 22.2. The first-order valence-electron chi connectivity index (χ1n) is 6.13. The van der Waals surface area contributed by atoms with Gasteiger partial charge in [-0.1, -0.05) is 25.8 Å². The maximum atomic E-state index is 11.1. The summed E-state index contributed by atoms with van der Waals surface area (Å²) >= 11 is 0. The highest BCUT2D eigenvalue weighted by Crippen LogP contribution is 2.20. The molecule has 2 N–H and O–H groups in total. The number of hydrogen-bond donors (Lipinski definition) is 1. The van der Waals surface area contributed by atoms with Crippen molar-refractivity contribution in [1.29, 1.82) is 0 Å². The van der Waals surface area contributed by atoms with E-state index in [1.165, 1.54) is 25.1 Å². The van der Waals surface area contributed by atoms with E-state index in [2.05, 4.69) is 11.9 Å². The maximum Gasteiger partial charge on any atom is 0.239 e. The summed E-state index contributed by atoms with van der Waals surface area (Å²) in [5.41, 5.74) is 1.96. The third-order valence-electron chi connectivity index (χ3n) is 2.79. The van der Waals surface area contributed by atoms with Crippen molar-refractivity contribution in [2.24, 2.45) is 5.14 Å². The quantitative estimate of drug-likeness (QED) is 0.806. The molecular weight excluding hydrogens is 248 g/mol. The van der Waals surface area contributed by atoms with E-state index in [1.807, 2.05) is 13.0 Å². The molecule has 0 amide bonds. The zero-order valence-corrected chi connectivity index (χ0v) is 11.7. The molecule has 0 saturated heterocycles. The van der Waals surface area contributed by atoms with E-state index in [0.717, 1.165) is 24.1 Å². The Hall–Kier alpha value is -1.20. The van der Waals surface area contributed by atoms with E-state index < -0.39 is 10.0 Å².